The zero-order valence-corrected chi connectivity index (χ0v) is 16.9. The summed E-state index contributed by atoms with van der Waals surface area (Å²) in [4.78, 5) is 15.7. The average Bonchev–Trinajstić information content (AvgIpc) is 3.18. The van der Waals surface area contributed by atoms with Crippen molar-refractivity contribution in [3.8, 4) is 0 Å². The van der Waals surface area contributed by atoms with Gasteiger partial charge in [0.15, 0.2) is 0 Å². The predicted molar refractivity (Wildman–Crippen MR) is 108 cm³/mol. The van der Waals surface area contributed by atoms with Crippen LogP contribution < -0.4 is 0 Å². The van der Waals surface area contributed by atoms with Crippen molar-refractivity contribution in [2.45, 2.75) is 42.5 Å². The van der Waals surface area contributed by atoms with Gasteiger partial charge in [0.05, 0.1) is 5.54 Å². The molecule has 2 aromatic rings. The summed E-state index contributed by atoms with van der Waals surface area (Å²) in [6, 6.07) is 18.5. The van der Waals surface area contributed by atoms with Crippen LogP contribution in [0.15, 0.2) is 60.7 Å². The monoisotopic (exact) mass is 429 g/mol. The molecule has 3 atom stereocenters. The second-order valence-corrected chi connectivity index (χ2v) is 8.17. The van der Waals surface area contributed by atoms with Gasteiger partial charge in [-0.25, -0.2) is 4.79 Å². The van der Waals surface area contributed by atoms with Crippen LogP contribution >= 0.6 is 15.9 Å². The van der Waals surface area contributed by atoms with Crippen LogP contribution in [0.4, 0.5) is 0 Å². The minimum absolute atomic E-state index is 0.186. The van der Waals surface area contributed by atoms with Gasteiger partial charge in [0, 0.05) is 17.8 Å². The number of hydrogen-bond acceptors (Lipinski definition) is 4. The Kier molecular flexibility index (Phi) is 4.87. The van der Waals surface area contributed by atoms with Gasteiger partial charge in [-0.1, -0.05) is 76.6 Å². The molecule has 2 saturated heterocycles. The third-order valence-electron chi connectivity index (χ3n) is 6.41. The number of rotatable bonds is 5. The summed E-state index contributed by atoms with van der Waals surface area (Å²) in [5.41, 5.74) is -0.971. The quantitative estimate of drug-likeness (QED) is 0.583. The van der Waals surface area contributed by atoms with Crippen molar-refractivity contribution in [1.82, 2.24) is 4.90 Å². The number of carbonyl (C=O) groups excluding carboxylic acids is 1. The fourth-order valence-electron chi connectivity index (χ4n) is 4.66. The number of hydrogen-bond donors (Lipinski definition) is 1. The fraction of sp³-hybridized carbons (Fsp3) is 0.409. The topological polar surface area (TPSA) is 49.8 Å². The van der Waals surface area contributed by atoms with Crippen LogP contribution in [0.2, 0.25) is 0 Å². The van der Waals surface area contributed by atoms with E-state index in [0.29, 0.717) is 17.2 Å². The molecule has 4 nitrogen and oxygen atoms in total. The third-order valence-corrected chi connectivity index (χ3v) is 7.38. The molecular weight excluding hydrogens is 406 g/mol. The smallest absolute Gasteiger partial charge is 0.348 e. The molecule has 2 heterocycles. The maximum Gasteiger partial charge on any atom is 0.348 e. The number of fused-ring (bicyclic) bond motifs is 2. The summed E-state index contributed by atoms with van der Waals surface area (Å²) >= 11 is 3.64. The van der Waals surface area contributed by atoms with Gasteiger partial charge in [-0.05, 0) is 31.0 Å². The molecule has 0 amide bonds. The molecule has 2 bridgehead atoms. The second kappa shape index (κ2) is 7.04. The van der Waals surface area contributed by atoms with Crippen molar-refractivity contribution in [1.29, 1.82) is 0 Å². The molecule has 0 aromatic heterocycles. The maximum absolute atomic E-state index is 13.4. The number of ether oxygens (including phenoxy) is 1. The Morgan fingerprint density at radius 3 is 2.22 bits per heavy atom. The summed E-state index contributed by atoms with van der Waals surface area (Å²) in [6.07, 6.45) is 2.70. The number of likely N-dealkylation sites (N-methyl/N-ethyl adjacent to an activating group) is 1. The van der Waals surface area contributed by atoms with Crippen LogP contribution in [0.1, 0.15) is 30.4 Å². The lowest BCUT2D eigenvalue weighted by Gasteiger charge is -2.37. The molecule has 5 heteroatoms. The highest BCUT2D eigenvalue weighted by Crippen LogP contribution is 2.48. The Hall–Kier alpha value is -1.69. The standard InChI is InChI=1S/C22H24BrNO3/c1-24-18-12-13-21(24,15-23)19(14-18)27-20(25)22(26,16-8-4-2-5-9-16)17-10-6-3-7-11-17/h2-11,18-19,26H,12-15H2,1H3. The van der Waals surface area contributed by atoms with Gasteiger partial charge in [-0.3, -0.25) is 4.90 Å². The number of benzene rings is 2. The van der Waals surface area contributed by atoms with Crippen molar-refractivity contribution >= 4 is 21.9 Å². The molecule has 0 radical (unpaired) electrons. The number of alkyl halides is 1. The van der Waals surface area contributed by atoms with Crippen LogP contribution in [0, 0.1) is 0 Å². The van der Waals surface area contributed by atoms with E-state index in [2.05, 4.69) is 27.9 Å². The van der Waals surface area contributed by atoms with Crippen molar-refractivity contribution < 1.29 is 14.6 Å². The molecule has 0 aliphatic carbocycles. The van der Waals surface area contributed by atoms with E-state index in [1.165, 1.54) is 0 Å². The van der Waals surface area contributed by atoms with E-state index >= 15 is 0 Å². The van der Waals surface area contributed by atoms with E-state index in [1.807, 2.05) is 36.4 Å². The Bertz CT molecular complexity index is 773. The molecule has 27 heavy (non-hydrogen) atoms. The number of carbonyl (C=O) groups is 1. The summed E-state index contributed by atoms with van der Waals surface area (Å²) in [6.45, 7) is 0. The highest BCUT2D eigenvalue weighted by molar-refractivity contribution is 9.09. The fourth-order valence-corrected chi connectivity index (χ4v) is 5.70. The Morgan fingerprint density at radius 2 is 1.74 bits per heavy atom. The number of aliphatic hydroxyl groups is 1. The molecule has 2 aliphatic heterocycles. The first-order valence-electron chi connectivity index (χ1n) is 9.36. The Morgan fingerprint density at radius 1 is 1.19 bits per heavy atom. The molecule has 2 aromatic carbocycles. The zero-order chi connectivity index (χ0) is 19.1. The van der Waals surface area contributed by atoms with Crippen molar-refractivity contribution in [2.75, 3.05) is 12.4 Å². The largest absolute Gasteiger partial charge is 0.458 e. The van der Waals surface area contributed by atoms with E-state index in [4.69, 9.17) is 4.74 Å². The van der Waals surface area contributed by atoms with Crippen molar-refractivity contribution in [3.05, 3.63) is 71.8 Å². The molecule has 2 fully saturated rings. The lowest BCUT2D eigenvalue weighted by Crippen LogP contribution is -2.51. The van der Waals surface area contributed by atoms with Gasteiger partial charge in [-0.15, -0.1) is 0 Å². The van der Waals surface area contributed by atoms with Crippen LogP contribution in [0.25, 0.3) is 0 Å². The van der Waals surface area contributed by atoms with Crippen LogP contribution in [-0.4, -0.2) is 46.0 Å². The van der Waals surface area contributed by atoms with Crippen LogP contribution in [0.5, 0.6) is 0 Å². The van der Waals surface area contributed by atoms with Gasteiger partial charge in [0.2, 0.25) is 5.60 Å². The molecule has 0 spiro atoms. The van der Waals surface area contributed by atoms with Gasteiger partial charge in [0.25, 0.3) is 0 Å². The highest BCUT2D eigenvalue weighted by atomic mass is 79.9. The van der Waals surface area contributed by atoms with E-state index in [1.54, 1.807) is 24.3 Å². The van der Waals surface area contributed by atoms with Gasteiger partial charge < -0.3 is 9.84 Å². The first-order chi connectivity index (χ1) is 13.0. The number of nitrogens with zero attached hydrogens (tertiary/aromatic N) is 1. The summed E-state index contributed by atoms with van der Waals surface area (Å²) in [5, 5.41) is 12.3. The van der Waals surface area contributed by atoms with E-state index in [-0.39, 0.29) is 11.6 Å². The van der Waals surface area contributed by atoms with E-state index < -0.39 is 11.6 Å². The molecule has 1 N–H and O–H groups in total. The van der Waals surface area contributed by atoms with E-state index in [0.717, 1.165) is 24.6 Å². The Labute approximate surface area is 168 Å². The van der Waals surface area contributed by atoms with Crippen molar-refractivity contribution in [3.63, 3.8) is 0 Å². The van der Waals surface area contributed by atoms with Gasteiger partial charge in [0.1, 0.15) is 6.10 Å². The maximum atomic E-state index is 13.4. The van der Waals surface area contributed by atoms with E-state index in [9.17, 15) is 9.90 Å². The van der Waals surface area contributed by atoms with Crippen molar-refractivity contribution in [2.24, 2.45) is 0 Å². The summed E-state index contributed by atoms with van der Waals surface area (Å²) in [7, 11) is 2.10. The van der Waals surface area contributed by atoms with Crippen LogP contribution in [0.3, 0.4) is 0 Å². The lowest BCUT2D eigenvalue weighted by molar-refractivity contribution is -0.171. The molecule has 4 rings (SSSR count). The number of halogens is 1. The average molecular weight is 430 g/mol. The molecule has 0 saturated carbocycles. The van der Waals surface area contributed by atoms with Gasteiger partial charge in [-0.2, -0.15) is 0 Å². The minimum Gasteiger partial charge on any atom is -0.458 e. The first kappa shape index (κ1) is 18.7. The molecule has 142 valence electrons. The normalized spacial score (nSPS) is 27.7. The SMILES string of the molecule is CN1C2CCC1(CBr)C(OC(=O)C(O)(c1ccccc1)c1ccccc1)C2. The molecule has 3 unspecified atom stereocenters. The predicted octanol–water partition coefficient (Wildman–Crippen LogP) is 3.47. The number of esters is 1. The van der Waals surface area contributed by atoms with Crippen LogP contribution in [-0.2, 0) is 15.1 Å². The summed E-state index contributed by atoms with van der Waals surface area (Å²) in [5.74, 6) is -0.605. The molecular formula is C22H24BrNO3. The molecule has 2 aliphatic rings. The summed E-state index contributed by atoms with van der Waals surface area (Å²) < 4.78 is 6.02. The third kappa shape index (κ3) is 2.84. The Balaban J connectivity index is 1.69. The minimum atomic E-state index is -1.82. The lowest BCUT2D eigenvalue weighted by atomic mass is 9.84. The highest BCUT2D eigenvalue weighted by Gasteiger charge is 2.58. The zero-order valence-electron chi connectivity index (χ0n) is 15.3. The van der Waals surface area contributed by atoms with Gasteiger partial charge >= 0.3 is 5.97 Å². The first-order valence-corrected chi connectivity index (χ1v) is 10.5. The second-order valence-electron chi connectivity index (χ2n) is 7.61.